The van der Waals surface area contributed by atoms with Crippen molar-refractivity contribution < 1.29 is 9.94 Å². The largest absolute Gasteiger partial charge is 0.411 e. The molecule has 0 atom stereocenters. The highest BCUT2D eigenvalue weighted by Gasteiger charge is 2.14. The van der Waals surface area contributed by atoms with E-state index in [4.69, 9.17) is 9.94 Å². The monoisotopic (exact) mass is 101 g/mol. The maximum absolute atomic E-state index is 7.92. The molecule has 0 amide bonds. The minimum absolute atomic E-state index is 0.366. The van der Waals surface area contributed by atoms with Gasteiger partial charge in [-0.25, -0.2) is 0 Å². The van der Waals surface area contributed by atoms with Crippen molar-refractivity contribution in [3.05, 3.63) is 0 Å². The van der Waals surface area contributed by atoms with E-state index in [2.05, 4.69) is 5.16 Å². The Morgan fingerprint density at radius 3 is 2.57 bits per heavy atom. The van der Waals surface area contributed by atoms with Crippen LogP contribution in [0, 0.1) is 5.92 Å². The van der Waals surface area contributed by atoms with Crippen molar-refractivity contribution in [3.63, 3.8) is 0 Å². The average Bonchev–Trinajstić information content (AvgIpc) is 1.55. The molecule has 0 aromatic heterocycles. The Balaban J connectivity index is 2.14. The number of ether oxygens (including phenoxy) is 1. The van der Waals surface area contributed by atoms with E-state index in [0.717, 1.165) is 0 Å². The smallest absolute Gasteiger partial charge is 0.0567 e. The van der Waals surface area contributed by atoms with Crippen LogP contribution in [-0.2, 0) is 4.74 Å². The third kappa shape index (κ3) is 0.899. The summed E-state index contributed by atoms with van der Waals surface area (Å²) in [6.07, 6.45) is 1.49. The highest BCUT2D eigenvalue weighted by Crippen LogP contribution is 2.05. The summed E-state index contributed by atoms with van der Waals surface area (Å²) >= 11 is 0. The second kappa shape index (κ2) is 1.93. The molecule has 0 bridgehead atoms. The molecule has 40 valence electrons. The van der Waals surface area contributed by atoms with Crippen molar-refractivity contribution >= 4 is 6.21 Å². The highest BCUT2D eigenvalue weighted by atomic mass is 16.5. The van der Waals surface area contributed by atoms with Gasteiger partial charge in [0, 0.05) is 5.92 Å². The van der Waals surface area contributed by atoms with Crippen LogP contribution in [0.1, 0.15) is 0 Å². The van der Waals surface area contributed by atoms with Gasteiger partial charge in [-0.2, -0.15) is 0 Å². The molecule has 0 radical (unpaired) electrons. The average molecular weight is 101 g/mol. The predicted octanol–water partition coefficient (Wildman–Crippen LogP) is 0.0928. The van der Waals surface area contributed by atoms with Crippen LogP contribution in [0.3, 0.4) is 0 Å². The lowest BCUT2D eigenvalue weighted by molar-refractivity contribution is 0.00305. The first kappa shape index (κ1) is 4.59. The van der Waals surface area contributed by atoms with Gasteiger partial charge in [0.2, 0.25) is 0 Å². The first-order valence-electron chi connectivity index (χ1n) is 2.19. The molecule has 1 saturated heterocycles. The molecule has 1 fully saturated rings. The molecule has 1 heterocycles. The van der Waals surface area contributed by atoms with Crippen LogP contribution >= 0.6 is 0 Å². The molecule has 0 spiro atoms. The molecular formula is C4H7NO2. The SMILES string of the molecule is ON=CC1COC1. The first-order chi connectivity index (χ1) is 3.43. The Kier molecular flexibility index (Phi) is 1.26. The molecule has 3 nitrogen and oxygen atoms in total. The maximum atomic E-state index is 7.92. The third-order valence-electron chi connectivity index (χ3n) is 0.941. The van der Waals surface area contributed by atoms with E-state index >= 15 is 0 Å². The third-order valence-corrected chi connectivity index (χ3v) is 0.941. The molecule has 0 aromatic rings. The van der Waals surface area contributed by atoms with Crippen LogP contribution in [0.2, 0.25) is 0 Å². The van der Waals surface area contributed by atoms with E-state index in [1.54, 1.807) is 0 Å². The Morgan fingerprint density at radius 1 is 1.71 bits per heavy atom. The highest BCUT2D eigenvalue weighted by molar-refractivity contribution is 5.60. The quantitative estimate of drug-likeness (QED) is 0.289. The van der Waals surface area contributed by atoms with Gasteiger partial charge in [-0.3, -0.25) is 0 Å². The van der Waals surface area contributed by atoms with Crippen molar-refractivity contribution in [1.29, 1.82) is 0 Å². The molecule has 1 aliphatic rings. The van der Waals surface area contributed by atoms with E-state index in [1.165, 1.54) is 6.21 Å². The normalized spacial score (nSPS) is 22.9. The lowest BCUT2D eigenvalue weighted by Gasteiger charge is -2.20. The van der Waals surface area contributed by atoms with E-state index in [0.29, 0.717) is 19.1 Å². The molecule has 7 heavy (non-hydrogen) atoms. The zero-order chi connectivity index (χ0) is 5.11. The fourth-order valence-electron chi connectivity index (χ4n) is 0.434. The zero-order valence-electron chi connectivity index (χ0n) is 3.87. The van der Waals surface area contributed by atoms with Gasteiger partial charge in [-0.05, 0) is 0 Å². The minimum atomic E-state index is 0.366. The molecule has 0 saturated carbocycles. The predicted molar refractivity (Wildman–Crippen MR) is 24.6 cm³/mol. The molecule has 1 rings (SSSR count). The summed E-state index contributed by atoms with van der Waals surface area (Å²) in [7, 11) is 0. The van der Waals surface area contributed by atoms with Gasteiger partial charge in [-0.15, -0.1) is 5.16 Å². The fourth-order valence-corrected chi connectivity index (χ4v) is 0.434. The topological polar surface area (TPSA) is 41.8 Å². The lowest BCUT2D eigenvalue weighted by atomic mass is 10.1. The van der Waals surface area contributed by atoms with Crippen molar-refractivity contribution in [2.24, 2.45) is 11.1 Å². The lowest BCUT2D eigenvalue weighted by Crippen LogP contribution is -2.28. The number of rotatable bonds is 1. The van der Waals surface area contributed by atoms with Crippen molar-refractivity contribution in [2.75, 3.05) is 13.2 Å². The Hall–Kier alpha value is -0.570. The minimum Gasteiger partial charge on any atom is -0.411 e. The van der Waals surface area contributed by atoms with Gasteiger partial charge in [0.05, 0.1) is 19.4 Å². The van der Waals surface area contributed by atoms with Crippen LogP contribution in [0.5, 0.6) is 0 Å². The molecule has 0 unspecified atom stereocenters. The summed E-state index contributed by atoms with van der Waals surface area (Å²) in [5.41, 5.74) is 0. The van der Waals surface area contributed by atoms with E-state index < -0.39 is 0 Å². The molecule has 3 heteroatoms. The molecular weight excluding hydrogens is 94.0 g/mol. The number of nitrogens with zero attached hydrogens (tertiary/aromatic N) is 1. The summed E-state index contributed by atoms with van der Waals surface area (Å²) < 4.78 is 4.79. The summed E-state index contributed by atoms with van der Waals surface area (Å²) in [5.74, 6) is 0.366. The number of hydrogen-bond donors (Lipinski definition) is 1. The van der Waals surface area contributed by atoms with E-state index in [1.807, 2.05) is 0 Å². The van der Waals surface area contributed by atoms with Gasteiger partial charge in [0.1, 0.15) is 0 Å². The van der Waals surface area contributed by atoms with Crippen molar-refractivity contribution in [3.8, 4) is 0 Å². The number of oxime groups is 1. The molecule has 1 N–H and O–H groups in total. The second-order valence-electron chi connectivity index (χ2n) is 1.56. The first-order valence-corrected chi connectivity index (χ1v) is 2.19. The Labute approximate surface area is 41.6 Å². The maximum Gasteiger partial charge on any atom is 0.0567 e. The van der Waals surface area contributed by atoms with Crippen molar-refractivity contribution in [1.82, 2.24) is 0 Å². The van der Waals surface area contributed by atoms with Gasteiger partial charge >= 0.3 is 0 Å². The van der Waals surface area contributed by atoms with Crippen LogP contribution in [0.4, 0.5) is 0 Å². The summed E-state index contributed by atoms with van der Waals surface area (Å²) in [6, 6.07) is 0. The summed E-state index contributed by atoms with van der Waals surface area (Å²) in [5, 5.41) is 10.8. The molecule has 0 aromatic carbocycles. The van der Waals surface area contributed by atoms with E-state index in [-0.39, 0.29) is 0 Å². The van der Waals surface area contributed by atoms with E-state index in [9.17, 15) is 0 Å². The van der Waals surface area contributed by atoms with Gasteiger partial charge in [-0.1, -0.05) is 0 Å². The van der Waals surface area contributed by atoms with Gasteiger partial charge in [0.25, 0.3) is 0 Å². The van der Waals surface area contributed by atoms with Gasteiger partial charge < -0.3 is 9.94 Å². The zero-order valence-corrected chi connectivity index (χ0v) is 3.87. The summed E-state index contributed by atoms with van der Waals surface area (Å²) in [4.78, 5) is 0. The van der Waals surface area contributed by atoms with Crippen LogP contribution in [0.15, 0.2) is 5.16 Å². The fraction of sp³-hybridized carbons (Fsp3) is 0.750. The van der Waals surface area contributed by atoms with Crippen LogP contribution in [-0.4, -0.2) is 24.6 Å². The molecule has 1 aliphatic heterocycles. The summed E-state index contributed by atoms with van der Waals surface area (Å²) in [6.45, 7) is 1.42. The molecule has 0 aliphatic carbocycles. The van der Waals surface area contributed by atoms with Crippen molar-refractivity contribution in [2.45, 2.75) is 0 Å². The standard InChI is InChI=1S/C4H7NO2/c6-5-1-4-2-7-3-4/h1,4,6H,2-3H2. The number of hydrogen-bond acceptors (Lipinski definition) is 3. The Bertz CT molecular complexity index is 77.8. The Morgan fingerprint density at radius 2 is 2.43 bits per heavy atom. The van der Waals surface area contributed by atoms with Gasteiger partial charge in [0.15, 0.2) is 0 Å². The second-order valence-corrected chi connectivity index (χ2v) is 1.56. The van der Waals surface area contributed by atoms with Crippen LogP contribution in [0.25, 0.3) is 0 Å². The van der Waals surface area contributed by atoms with Crippen LogP contribution < -0.4 is 0 Å².